The average molecular weight is 294 g/mol. The Kier molecular flexibility index (Phi) is 4.14. The molecule has 0 amide bonds. The molecule has 1 spiro atoms. The van der Waals surface area contributed by atoms with Gasteiger partial charge in [0.1, 0.15) is 17.8 Å². The molecule has 0 radical (unpaired) electrons. The highest BCUT2D eigenvalue weighted by molar-refractivity contribution is 7.51. The van der Waals surface area contributed by atoms with Gasteiger partial charge in [0, 0.05) is 13.0 Å². The fourth-order valence-electron chi connectivity index (χ4n) is 3.13. The summed E-state index contributed by atoms with van der Waals surface area (Å²) in [6.07, 6.45) is -0.0816. The first-order valence-electron chi connectivity index (χ1n) is 6.60. The van der Waals surface area contributed by atoms with E-state index in [-0.39, 0.29) is 36.5 Å². The smallest absolute Gasteiger partial charge is 0.325 e. The van der Waals surface area contributed by atoms with Crippen molar-refractivity contribution in [2.45, 2.75) is 57.2 Å². The van der Waals surface area contributed by atoms with Gasteiger partial charge in [-0.3, -0.25) is 4.57 Å². The van der Waals surface area contributed by atoms with Gasteiger partial charge in [-0.1, -0.05) is 0 Å². The van der Waals surface area contributed by atoms with E-state index in [4.69, 9.17) is 24.0 Å². The van der Waals surface area contributed by atoms with Crippen LogP contribution in [0.2, 0.25) is 0 Å². The first kappa shape index (κ1) is 15.4. The minimum atomic E-state index is -4.02. The van der Waals surface area contributed by atoms with Crippen molar-refractivity contribution in [3.8, 4) is 0 Å². The normalized spacial score (nSPS) is 42.3. The fraction of sp³-hybridized carbons (Fsp3) is 1.00. The van der Waals surface area contributed by atoms with Crippen molar-refractivity contribution in [3.05, 3.63) is 0 Å². The van der Waals surface area contributed by atoms with Crippen LogP contribution in [-0.4, -0.2) is 53.1 Å². The molecule has 1 aliphatic carbocycles. The van der Waals surface area contributed by atoms with Gasteiger partial charge in [-0.25, -0.2) is 0 Å². The molecule has 112 valence electrons. The van der Waals surface area contributed by atoms with E-state index in [2.05, 4.69) is 0 Å². The Hall–Kier alpha value is 0.0300. The van der Waals surface area contributed by atoms with E-state index in [0.29, 0.717) is 6.42 Å². The van der Waals surface area contributed by atoms with E-state index < -0.39 is 13.2 Å². The van der Waals surface area contributed by atoms with Crippen molar-refractivity contribution in [2.75, 3.05) is 13.3 Å². The maximum absolute atomic E-state index is 11.2. The van der Waals surface area contributed by atoms with E-state index in [1.54, 1.807) is 7.11 Å². The quantitative estimate of drug-likeness (QED) is 0.740. The summed E-state index contributed by atoms with van der Waals surface area (Å²) in [5, 5.41) is 0. The highest BCUT2D eigenvalue weighted by Crippen LogP contribution is 2.60. The molecular formula is C12H23O6P. The van der Waals surface area contributed by atoms with Crippen molar-refractivity contribution < 1.29 is 28.6 Å². The van der Waals surface area contributed by atoms with E-state index in [1.807, 2.05) is 20.8 Å². The van der Waals surface area contributed by atoms with Crippen LogP contribution in [0.5, 0.6) is 0 Å². The summed E-state index contributed by atoms with van der Waals surface area (Å²) in [5.41, 5.74) is -0.578. The van der Waals surface area contributed by atoms with Crippen molar-refractivity contribution in [1.29, 1.82) is 0 Å². The monoisotopic (exact) mass is 294 g/mol. The molecule has 2 fully saturated rings. The first-order chi connectivity index (χ1) is 8.69. The zero-order valence-electron chi connectivity index (χ0n) is 11.8. The Labute approximate surface area is 113 Å². The minimum absolute atomic E-state index is 0.0183. The third-order valence-electron chi connectivity index (χ3n) is 3.89. The molecule has 2 rings (SSSR count). The van der Waals surface area contributed by atoms with Crippen LogP contribution >= 0.6 is 7.60 Å². The molecule has 19 heavy (non-hydrogen) atoms. The van der Waals surface area contributed by atoms with Crippen LogP contribution in [0.3, 0.4) is 0 Å². The molecule has 1 saturated heterocycles. The molecule has 2 N–H and O–H groups in total. The molecule has 1 heterocycles. The number of ether oxygens (including phenoxy) is 3. The number of rotatable bonds is 5. The third kappa shape index (κ3) is 3.04. The topological polar surface area (TPSA) is 85.2 Å². The van der Waals surface area contributed by atoms with Crippen LogP contribution in [0.15, 0.2) is 0 Å². The van der Waals surface area contributed by atoms with Crippen LogP contribution < -0.4 is 0 Å². The average Bonchev–Trinajstić information content (AvgIpc) is 2.80. The molecule has 1 saturated carbocycles. The lowest BCUT2D eigenvalue weighted by Gasteiger charge is -2.25. The second kappa shape index (κ2) is 5.10. The first-order valence-corrected chi connectivity index (χ1v) is 8.40. The Morgan fingerprint density at radius 1 is 1.47 bits per heavy atom. The van der Waals surface area contributed by atoms with Crippen LogP contribution in [0.4, 0.5) is 0 Å². The van der Waals surface area contributed by atoms with Gasteiger partial charge in [-0.05, 0) is 27.2 Å². The second-order valence-corrected chi connectivity index (χ2v) is 7.53. The predicted octanol–water partition coefficient (Wildman–Crippen LogP) is 1.15. The fourth-order valence-corrected chi connectivity index (χ4v) is 4.14. The molecule has 1 aliphatic heterocycles. The number of hydrogen-bond acceptors (Lipinski definition) is 4. The molecule has 0 aromatic heterocycles. The zero-order valence-corrected chi connectivity index (χ0v) is 12.7. The minimum Gasteiger partial charge on any atom is -0.376 e. The standard InChI is InChI=1S/C12H23O6P/c1-7(2)17-11-10(16-4)8(3)18-12(11)5-9(12)6-19(13,14)15/h7-11H,5-6H2,1-4H3,(H2,13,14,15)/t8-,9?,10-,11-,12+/m0/s1. The second-order valence-electron chi connectivity index (χ2n) is 5.83. The maximum atomic E-state index is 11.2. The lowest BCUT2D eigenvalue weighted by atomic mass is 10.0. The van der Waals surface area contributed by atoms with E-state index in [1.165, 1.54) is 0 Å². The third-order valence-corrected chi connectivity index (χ3v) is 4.81. The maximum Gasteiger partial charge on any atom is 0.325 e. The van der Waals surface area contributed by atoms with Gasteiger partial charge in [-0.15, -0.1) is 0 Å². The Balaban J connectivity index is 2.14. The zero-order chi connectivity index (χ0) is 14.4. The highest BCUT2D eigenvalue weighted by atomic mass is 31.2. The summed E-state index contributed by atoms with van der Waals surface area (Å²) >= 11 is 0. The lowest BCUT2D eigenvalue weighted by molar-refractivity contribution is -0.0869. The Morgan fingerprint density at radius 3 is 2.58 bits per heavy atom. The number of methoxy groups -OCH3 is 1. The summed E-state index contributed by atoms with van der Waals surface area (Å²) in [5.74, 6) is -0.153. The SMILES string of the molecule is CO[C@H]1[C@H](C)O[C@@]2(CC2CP(=O)(O)O)[C@H]1OC(C)C. The highest BCUT2D eigenvalue weighted by Gasteiger charge is 2.69. The molecule has 6 nitrogen and oxygen atoms in total. The van der Waals surface area contributed by atoms with Crippen LogP contribution in [0.1, 0.15) is 27.2 Å². The summed E-state index contributed by atoms with van der Waals surface area (Å²) in [6, 6.07) is 0. The Morgan fingerprint density at radius 2 is 2.11 bits per heavy atom. The lowest BCUT2D eigenvalue weighted by Crippen LogP contribution is -2.40. The molecular weight excluding hydrogens is 271 g/mol. The van der Waals surface area contributed by atoms with Gasteiger partial charge in [0.25, 0.3) is 0 Å². The molecule has 7 heteroatoms. The van der Waals surface area contributed by atoms with Gasteiger partial charge in [0.05, 0.1) is 18.4 Å². The van der Waals surface area contributed by atoms with Gasteiger partial charge in [-0.2, -0.15) is 0 Å². The molecule has 0 aromatic rings. The van der Waals surface area contributed by atoms with Crippen molar-refractivity contribution in [2.24, 2.45) is 5.92 Å². The summed E-state index contributed by atoms with van der Waals surface area (Å²) < 4.78 is 28.4. The number of hydrogen-bond donors (Lipinski definition) is 2. The molecule has 1 unspecified atom stereocenters. The van der Waals surface area contributed by atoms with Crippen LogP contribution in [-0.2, 0) is 18.8 Å². The molecule has 2 aliphatic rings. The summed E-state index contributed by atoms with van der Waals surface area (Å²) in [6.45, 7) is 5.78. The van der Waals surface area contributed by atoms with E-state index in [9.17, 15) is 4.57 Å². The largest absolute Gasteiger partial charge is 0.376 e. The Bertz CT molecular complexity index is 380. The van der Waals surface area contributed by atoms with Crippen molar-refractivity contribution in [3.63, 3.8) is 0 Å². The summed E-state index contributed by atoms with van der Waals surface area (Å²) in [4.78, 5) is 18.2. The van der Waals surface area contributed by atoms with Gasteiger partial charge < -0.3 is 24.0 Å². The summed E-state index contributed by atoms with van der Waals surface area (Å²) in [7, 11) is -2.41. The van der Waals surface area contributed by atoms with Crippen molar-refractivity contribution in [1.82, 2.24) is 0 Å². The van der Waals surface area contributed by atoms with Crippen LogP contribution in [0.25, 0.3) is 0 Å². The molecule has 0 aromatic carbocycles. The van der Waals surface area contributed by atoms with Gasteiger partial charge >= 0.3 is 7.60 Å². The van der Waals surface area contributed by atoms with Gasteiger partial charge in [0.2, 0.25) is 0 Å². The predicted molar refractivity (Wildman–Crippen MR) is 69.1 cm³/mol. The molecule has 5 atom stereocenters. The van der Waals surface area contributed by atoms with E-state index in [0.717, 1.165) is 0 Å². The van der Waals surface area contributed by atoms with Crippen molar-refractivity contribution >= 4 is 7.60 Å². The molecule has 0 bridgehead atoms. The van der Waals surface area contributed by atoms with Crippen LogP contribution in [0, 0.1) is 5.92 Å². The van der Waals surface area contributed by atoms with Gasteiger partial charge in [0.15, 0.2) is 0 Å². The van der Waals surface area contributed by atoms with E-state index >= 15 is 0 Å².